The molecule has 0 bridgehead atoms. The maximum Gasteiger partial charge on any atom is 0.338 e. The van der Waals surface area contributed by atoms with Crippen LogP contribution in [0.15, 0.2) is 30.3 Å². The fourth-order valence-electron chi connectivity index (χ4n) is 2.76. The Morgan fingerprint density at radius 3 is 2.62 bits per heavy atom. The number of thiophene rings is 1. The number of hydrogen-bond acceptors (Lipinski definition) is 4. The van der Waals surface area contributed by atoms with Gasteiger partial charge in [-0.3, -0.25) is 4.79 Å². The lowest BCUT2D eigenvalue weighted by Gasteiger charge is -2.08. The SMILES string of the molecule is CCCOC(=O)c1ccc(NC(=O)c2cc3c(s2)CCCC3)cc1. The van der Waals surface area contributed by atoms with Gasteiger partial charge in [-0.05, 0) is 68.0 Å². The van der Waals surface area contributed by atoms with Gasteiger partial charge in [-0.1, -0.05) is 6.92 Å². The number of benzene rings is 1. The topological polar surface area (TPSA) is 55.4 Å². The Morgan fingerprint density at radius 1 is 1.17 bits per heavy atom. The number of esters is 1. The molecule has 0 radical (unpaired) electrons. The van der Waals surface area contributed by atoms with Gasteiger partial charge in [-0.25, -0.2) is 4.79 Å². The predicted molar refractivity (Wildman–Crippen MR) is 95.9 cm³/mol. The zero-order valence-electron chi connectivity index (χ0n) is 13.8. The molecule has 1 N–H and O–H groups in total. The highest BCUT2D eigenvalue weighted by Crippen LogP contribution is 2.30. The highest BCUT2D eigenvalue weighted by Gasteiger charge is 2.17. The molecule has 0 fully saturated rings. The number of aryl methyl sites for hydroxylation is 2. The number of amides is 1. The molecular weight excluding hydrogens is 322 g/mol. The quantitative estimate of drug-likeness (QED) is 0.816. The van der Waals surface area contributed by atoms with Crippen molar-refractivity contribution in [3.8, 4) is 0 Å². The maximum absolute atomic E-state index is 12.4. The van der Waals surface area contributed by atoms with Crippen LogP contribution < -0.4 is 5.32 Å². The summed E-state index contributed by atoms with van der Waals surface area (Å²) in [6, 6.07) is 8.83. The maximum atomic E-state index is 12.4. The molecule has 24 heavy (non-hydrogen) atoms. The van der Waals surface area contributed by atoms with Gasteiger partial charge >= 0.3 is 5.97 Å². The number of carbonyl (C=O) groups excluding carboxylic acids is 2. The smallest absolute Gasteiger partial charge is 0.338 e. The Balaban J connectivity index is 1.64. The predicted octanol–water partition coefficient (Wildman–Crippen LogP) is 4.45. The van der Waals surface area contributed by atoms with Crippen LogP contribution in [0.5, 0.6) is 0 Å². The minimum absolute atomic E-state index is 0.0873. The number of fused-ring (bicyclic) bond motifs is 1. The molecule has 5 heteroatoms. The summed E-state index contributed by atoms with van der Waals surface area (Å²) >= 11 is 1.59. The van der Waals surface area contributed by atoms with Crippen molar-refractivity contribution in [3.63, 3.8) is 0 Å². The van der Waals surface area contributed by atoms with Crippen molar-refractivity contribution in [1.82, 2.24) is 0 Å². The lowest BCUT2D eigenvalue weighted by Crippen LogP contribution is -2.11. The molecular formula is C19H21NO3S. The van der Waals surface area contributed by atoms with Crippen molar-refractivity contribution in [2.75, 3.05) is 11.9 Å². The second kappa shape index (κ2) is 7.62. The van der Waals surface area contributed by atoms with Crippen LogP contribution in [0.1, 0.15) is 56.7 Å². The largest absolute Gasteiger partial charge is 0.462 e. The van der Waals surface area contributed by atoms with E-state index in [2.05, 4.69) is 5.32 Å². The van der Waals surface area contributed by atoms with Crippen molar-refractivity contribution in [3.05, 3.63) is 51.2 Å². The lowest BCUT2D eigenvalue weighted by molar-refractivity contribution is 0.0505. The summed E-state index contributed by atoms with van der Waals surface area (Å²) in [5.74, 6) is -0.420. The zero-order valence-corrected chi connectivity index (χ0v) is 14.6. The third-order valence-electron chi connectivity index (χ3n) is 4.04. The van der Waals surface area contributed by atoms with Crippen LogP contribution in [0.25, 0.3) is 0 Å². The van der Waals surface area contributed by atoms with Gasteiger partial charge in [0.05, 0.1) is 17.0 Å². The van der Waals surface area contributed by atoms with Gasteiger partial charge in [0.25, 0.3) is 5.91 Å². The van der Waals surface area contributed by atoms with Gasteiger partial charge in [-0.15, -0.1) is 11.3 Å². The molecule has 1 amide bonds. The molecule has 1 heterocycles. The summed E-state index contributed by atoms with van der Waals surface area (Å²) in [6.45, 7) is 2.37. The third-order valence-corrected chi connectivity index (χ3v) is 5.27. The summed E-state index contributed by atoms with van der Waals surface area (Å²) in [6.07, 6.45) is 5.38. The van der Waals surface area contributed by atoms with Crippen molar-refractivity contribution >= 4 is 28.9 Å². The van der Waals surface area contributed by atoms with Crippen LogP contribution in [0.2, 0.25) is 0 Å². The van der Waals surface area contributed by atoms with E-state index in [1.807, 2.05) is 13.0 Å². The molecule has 4 nitrogen and oxygen atoms in total. The van der Waals surface area contributed by atoms with Gasteiger partial charge in [-0.2, -0.15) is 0 Å². The van der Waals surface area contributed by atoms with Crippen LogP contribution >= 0.6 is 11.3 Å². The van der Waals surface area contributed by atoms with E-state index in [1.54, 1.807) is 35.6 Å². The van der Waals surface area contributed by atoms with Crippen LogP contribution in [-0.2, 0) is 17.6 Å². The minimum atomic E-state index is -0.333. The van der Waals surface area contributed by atoms with Gasteiger partial charge < -0.3 is 10.1 Å². The fraction of sp³-hybridized carbons (Fsp3) is 0.368. The molecule has 0 unspecified atom stereocenters. The molecule has 1 aromatic heterocycles. The molecule has 2 aromatic rings. The summed E-state index contributed by atoms with van der Waals surface area (Å²) in [5.41, 5.74) is 2.50. The van der Waals surface area contributed by atoms with Gasteiger partial charge in [0.2, 0.25) is 0 Å². The molecule has 3 rings (SSSR count). The Bertz CT molecular complexity index is 710. The molecule has 0 atom stereocenters. The van der Waals surface area contributed by atoms with E-state index in [-0.39, 0.29) is 11.9 Å². The summed E-state index contributed by atoms with van der Waals surface area (Å²) < 4.78 is 5.09. The molecule has 0 aliphatic heterocycles. The van der Waals surface area contributed by atoms with E-state index >= 15 is 0 Å². The van der Waals surface area contributed by atoms with E-state index < -0.39 is 0 Å². The highest BCUT2D eigenvalue weighted by atomic mass is 32.1. The minimum Gasteiger partial charge on any atom is -0.462 e. The number of anilines is 1. The van der Waals surface area contributed by atoms with Crippen molar-refractivity contribution in [2.45, 2.75) is 39.0 Å². The zero-order chi connectivity index (χ0) is 16.9. The van der Waals surface area contributed by atoms with Crippen LogP contribution in [0, 0.1) is 0 Å². The van der Waals surface area contributed by atoms with Crippen LogP contribution in [-0.4, -0.2) is 18.5 Å². The van der Waals surface area contributed by atoms with Gasteiger partial charge in [0, 0.05) is 10.6 Å². The number of nitrogens with one attached hydrogen (secondary N) is 1. The van der Waals surface area contributed by atoms with Crippen molar-refractivity contribution in [1.29, 1.82) is 0 Å². The van der Waals surface area contributed by atoms with E-state index in [0.717, 1.165) is 24.1 Å². The van der Waals surface area contributed by atoms with E-state index in [9.17, 15) is 9.59 Å². The van der Waals surface area contributed by atoms with Gasteiger partial charge in [0.1, 0.15) is 0 Å². The summed E-state index contributed by atoms with van der Waals surface area (Å²) in [5, 5.41) is 2.90. The van der Waals surface area contributed by atoms with E-state index in [4.69, 9.17) is 4.74 Å². The second-order valence-electron chi connectivity index (χ2n) is 5.93. The Labute approximate surface area is 145 Å². The monoisotopic (exact) mass is 343 g/mol. The summed E-state index contributed by atoms with van der Waals surface area (Å²) in [4.78, 5) is 26.3. The van der Waals surface area contributed by atoms with E-state index in [0.29, 0.717) is 17.9 Å². The number of hydrogen-bond donors (Lipinski definition) is 1. The lowest BCUT2D eigenvalue weighted by atomic mass is 9.99. The summed E-state index contributed by atoms with van der Waals surface area (Å²) in [7, 11) is 0. The molecule has 1 aromatic carbocycles. The molecule has 0 spiro atoms. The molecule has 0 saturated carbocycles. The first-order valence-corrected chi connectivity index (χ1v) is 9.19. The van der Waals surface area contributed by atoms with Crippen LogP contribution in [0.4, 0.5) is 5.69 Å². The third kappa shape index (κ3) is 3.85. The molecule has 126 valence electrons. The van der Waals surface area contributed by atoms with Crippen molar-refractivity contribution < 1.29 is 14.3 Å². The van der Waals surface area contributed by atoms with Gasteiger partial charge in [0.15, 0.2) is 0 Å². The number of ether oxygens (including phenoxy) is 1. The van der Waals surface area contributed by atoms with Crippen LogP contribution in [0.3, 0.4) is 0 Å². The average molecular weight is 343 g/mol. The van der Waals surface area contributed by atoms with Crippen molar-refractivity contribution in [2.24, 2.45) is 0 Å². The number of rotatable bonds is 5. The standard InChI is InChI=1S/C19H21NO3S/c1-2-11-23-19(22)13-7-9-15(10-8-13)20-18(21)17-12-14-5-3-4-6-16(14)24-17/h7-10,12H,2-6,11H2,1H3,(H,20,21). The highest BCUT2D eigenvalue weighted by molar-refractivity contribution is 7.14. The second-order valence-corrected chi connectivity index (χ2v) is 7.07. The first-order chi connectivity index (χ1) is 11.7. The normalized spacial score (nSPS) is 13.2. The molecule has 1 aliphatic carbocycles. The Kier molecular flexibility index (Phi) is 5.30. The average Bonchev–Trinajstić information content (AvgIpc) is 3.04. The Morgan fingerprint density at radius 2 is 1.92 bits per heavy atom. The molecule has 0 saturated heterocycles. The molecule has 1 aliphatic rings. The Hall–Kier alpha value is -2.14. The first-order valence-electron chi connectivity index (χ1n) is 8.37. The number of carbonyl (C=O) groups is 2. The first kappa shape index (κ1) is 16.7. The van der Waals surface area contributed by atoms with E-state index in [1.165, 1.54) is 23.3 Å². The fourth-order valence-corrected chi connectivity index (χ4v) is 3.91.